The number of ketones is 1. The number of hydrazone groups is 1. The molecule has 0 heterocycles. The fourth-order valence-corrected chi connectivity index (χ4v) is 2.38. The molecule has 1 aliphatic rings. The molecule has 0 aliphatic heterocycles. The van der Waals surface area contributed by atoms with E-state index in [1.54, 1.807) is 12.1 Å². The lowest BCUT2D eigenvalue weighted by Gasteiger charge is -2.29. The summed E-state index contributed by atoms with van der Waals surface area (Å²) in [5, 5.41) is 14.8. The molecule has 6 heteroatoms. The van der Waals surface area contributed by atoms with Gasteiger partial charge in [-0.15, -0.1) is 0 Å². The molecule has 0 bridgehead atoms. The smallest absolute Gasteiger partial charge is 0.269 e. The molecular weight excluding hydrogens is 258 g/mol. The zero-order chi connectivity index (χ0) is 14.8. The van der Waals surface area contributed by atoms with Gasteiger partial charge in [-0.3, -0.25) is 20.3 Å². The van der Waals surface area contributed by atoms with Crippen molar-refractivity contribution >= 4 is 22.9 Å². The summed E-state index contributed by atoms with van der Waals surface area (Å²) in [4.78, 5) is 21.7. The van der Waals surface area contributed by atoms with Crippen LogP contribution in [0.5, 0.6) is 0 Å². The number of Topliss-reactive ketones (excluding diaryl/α,β-unsaturated/α-hetero) is 1. The quantitative estimate of drug-likeness (QED) is 0.678. The van der Waals surface area contributed by atoms with Crippen LogP contribution >= 0.6 is 0 Å². The SMILES string of the molecule is CC1(C)CC(=O)C/C(=N\Nc2ccc([N+](=O)[O-])cc2)C1. The van der Waals surface area contributed by atoms with Crippen LogP contribution in [0.4, 0.5) is 11.4 Å². The summed E-state index contributed by atoms with van der Waals surface area (Å²) in [6.45, 7) is 4.09. The molecule has 0 spiro atoms. The Kier molecular flexibility index (Phi) is 3.83. The van der Waals surface area contributed by atoms with Gasteiger partial charge in [0, 0.05) is 30.7 Å². The maximum Gasteiger partial charge on any atom is 0.269 e. The Labute approximate surface area is 117 Å². The van der Waals surface area contributed by atoms with Crippen molar-refractivity contribution < 1.29 is 9.72 Å². The van der Waals surface area contributed by atoms with Gasteiger partial charge in [0.15, 0.2) is 0 Å². The van der Waals surface area contributed by atoms with Crippen molar-refractivity contribution in [2.24, 2.45) is 10.5 Å². The maximum absolute atomic E-state index is 11.6. The molecule has 1 saturated carbocycles. The van der Waals surface area contributed by atoms with Gasteiger partial charge in [0.05, 0.1) is 10.6 Å². The normalized spacial score (nSPS) is 19.9. The number of hydrogen-bond acceptors (Lipinski definition) is 5. The van der Waals surface area contributed by atoms with Crippen LogP contribution in [0, 0.1) is 15.5 Å². The number of non-ortho nitro benzene ring substituents is 1. The number of nitrogens with one attached hydrogen (secondary N) is 1. The number of nitro groups is 1. The summed E-state index contributed by atoms with van der Waals surface area (Å²) in [6.07, 6.45) is 1.74. The number of nitrogens with zero attached hydrogens (tertiary/aromatic N) is 2. The summed E-state index contributed by atoms with van der Waals surface area (Å²) >= 11 is 0. The predicted molar refractivity (Wildman–Crippen MR) is 76.8 cm³/mol. The topological polar surface area (TPSA) is 84.6 Å². The number of anilines is 1. The van der Waals surface area contributed by atoms with Crippen LogP contribution in [0.25, 0.3) is 0 Å². The third-order valence-electron chi connectivity index (χ3n) is 3.18. The standard InChI is InChI=1S/C14H17N3O3/c1-14(2)8-11(7-13(18)9-14)16-15-10-3-5-12(6-4-10)17(19)20/h3-6,15H,7-9H2,1-2H3/b16-11+. The highest BCUT2D eigenvalue weighted by atomic mass is 16.6. The highest BCUT2D eigenvalue weighted by Gasteiger charge is 2.30. The molecule has 2 rings (SSSR count). The average Bonchev–Trinajstić information content (AvgIpc) is 2.34. The first-order valence-electron chi connectivity index (χ1n) is 6.43. The van der Waals surface area contributed by atoms with Crippen LogP contribution < -0.4 is 5.43 Å². The number of nitro benzene ring substituents is 1. The second-order valence-corrected chi connectivity index (χ2v) is 5.83. The Morgan fingerprint density at radius 3 is 2.45 bits per heavy atom. The number of hydrogen-bond donors (Lipinski definition) is 1. The van der Waals surface area contributed by atoms with Gasteiger partial charge in [-0.05, 0) is 24.0 Å². The number of benzene rings is 1. The van der Waals surface area contributed by atoms with Crippen LogP contribution in [0.15, 0.2) is 29.4 Å². The fraction of sp³-hybridized carbons (Fsp3) is 0.429. The van der Waals surface area contributed by atoms with Gasteiger partial charge in [-0.25, -0.2) is 0 Å². The second kappa shape index (κ2) is 5.40. The molecule has 1 aliphatic carbocycles. The molecule has 20 heavy (non-hydrogen) atoms. The molecule has 0 atom stereocenters. The Bertz CT molecular complexity index is 562. The molecule has 1 aromatic carbocycles. The van der Waals surface area contributed by atoms with E-state index in [2.05, 4.69) is 10.5 Å². The van der Waals surface area contributed by atoms with E-state index in [-0.39, 0.29) is 16.9 Å². The van der Waals surface area contributed by atoms with Gasteiger partial charge < -0.3 is 0 Å². The van der Waals surface area contributed by atoms with Gasteiger partial charge in [-0.1, -0.05) is 13.8 Å². The molecule has 1 aromatic rings. The third kappa shape index (κ3) is 3.63. The van der Waals surface area contributed by atoms with Crippen LogP contribution in [0.1, 0.15) is 33.1 Å². The molecule has 0 unspecified atom stereocenters. The van der Waals surface area contributed by atoms with Crippen molar-refractivity contribution in [3.63, 3.8) is 0 Å². The van der Waals surface area contributed by atoms with E-state index in [0.717, 1.165) is 12.1 Å². The lowest BCUT2D eigenvalue weighted by Crippen LogP contribution is -2.29. The number of rotatable bonds is 3. The van der Waals surface area contributed by atoms with E-state index < -0.39 is 4.92 Å². The Morgan fingerprint density at radius 1 is 1.25 bits per heavy atom. The van der Waals surface area contributed by atoms with E-state index in [9.17, 15) is 14.9 Å². The predicted octanol–water partition coefficient (Wildman–Crippen LogP) is 3.14. The first kappa shape index (κ1) is 14.2. The summed E-state index contributed by atoms with van der Waals surface area (Å²) in [6, 6.07) is 6.02. The van der Waals surface area contributed by atoms with E-state index in [0.29, 0.717) is 18.5 Å². The first-order valence-corrected chi connectivity index (χ1v) is 6.43. The first-order chi connectivity index (χ1) is 9.35. The largest absolute Gasteiger partial charge is 0.299 e. The second-order valence-electron chi connectivity index (χ2n) is 5.83. The van der Waals surface area contributed by atoms with E-state index in [1.165, 1.54) is 12.1 Å². The highest BCUT2D eigenvalue weighted by Crippen LogP contribution is 2.31. The maximum atomic E-state index is 11.6. The third-order valence-corrected chi connectivity index (χ3v) is 3.18. The summed E-state index contributed by atoms with van der Waals surface area (Å²) in [5.74, 6) is 0.200. The van der Waals surface area contributed by atoms with Gasteiger partial charge >= 0.3 is 0 Å². The van der Waals surface area contributed by atoms with Crippen molar-refractivity contribution in [2.75, 3.05) is 5.43 Å². The minimum atomic E-state index is -0.446. The summed E-state index contributed by atoms with van der Waals surface area (Å²) in [5.41, 5.74) is 4.33. The molecule has 1 N–H and O–H groups in total. The molecule has 0 aromatic heterocycles. The Morgan fingerprint density at radius 2 is 1.90 bits per heavy atom. The molecule has 106 valence electrons. The van der Waals surface area contributed by atoms with E-state index in [1.807, 2.05) is 13.8 Å². The van der Waals surface area contributed by atoms with Crippen molar-refractivity contribution in [3.8, 4) is 0 Å². The Hall–Kier alpha value is -2.24. The van der Waals surface area contributed by atoms with Gasteiger partial charge in [0.2, 0.25) is 0 Å². The van der Waals surface area contributed by atoms with Gasteiger partial charge in [0.1, 0.15) is 5.78 Å². The Balaban J connectivity index is 2.05. The zero-order valence-electron chi connectivity index (χ0n) is 11.5. The lowest BCUT2D eigenvalue weighted by atomic mass is 9.76. The lowest BCUT2D eigenvalue weighted by molar-refractivity contribution is -0.384. The highest BCUT2D eigenvalue weighted by molar-refractivity contribution is 6.05. The van der Waals surface area contributed by atoms with Gasteiger partial charge in [0.25, 0.3) is 5.69 Å². The molecule has 0 radical (unpaired) electrons. The summed E-state index contributed by atoms with van der Waals surface area (Å²) < 4.78 is 0. The number of carbonyl (C=O) groups excluding carboxylic acids is 1. The minimum absolute atomic E-state index is 0.0391. The zero-order valence-corrected chi connectivity index (χ0v) is 11.5. The van der Waals surface area contributed by atoms with Crippen molar-refractivity contribution in [1.29, 1.82) is 0 Å². The van der Waals surface area contributed by atoms with Crippen LogP contribution in [0.3, 0.4) is 0 Å². The minimum Gasteiger partial charge on any atom is -0.299 e. The molecular formula is C14H17N3O3. The van der Waals surface area contributed by atoms with Crippen LogP contribution in [-0.2, 0) is 4.79 Å². The molecule has 6 nitrogen and oxygen atoms in total. The fourth-order valence-electron chi connectivity index (χ4n) is 2.38. The molecule has 0 saturated heterocycles. The van der Waals surface area contributed by atoms with Crippen LogP contribution in [0.2, 0.25) is 0 Å². The van der Waals surface area contributed by atoms with Crippen molar-refractivity contribution in [3.05, 3.63) is 34.4 Å². The summed E-state index contributed by atoms with van der Waals surface area (Å²) in [7, 11) is 0. The van der Waals surface area contributed by atoms with Crippen LogP contribution in [-0.4, -0.2) is 16.4 Å². The van der Waals surface area contributed by atoms with Gasteiger partial charge in [-0.2, -0.15) is 5.10 Å². The van der Waals surface area contributed by atoms with Crippen molar-refractivity contribution in [1.82, 2.24) is 0 Å². The molecule has 0 amide bonds. The molecule has 1 fully saturated rings. The van der Waals surface area contributed by atoms with E-state index in [4.69, 9.17) is 0 Å². The average molecular weight is 275 g/mol. The monoisotopic (exact) mass is 275 g/mol. The number of carbonyl (C=O) groups is 1. The van der Waals surface area contributed by atoms with E-state index >= 15 is 0 Å². The van der Waals surface area contributed by atoms with Crippen molar-refractivity contribution in [2.45, 2.75) is 33.1 Å².